The Morgan fingerprint density at radius 2 is 1.87 bits per heavy atom. The average molecular weight is 401 g/mol. The van der Waals surface area contributed by atoms with E-state index in [0.717, 1.165) is 5.56 Å². The molecule has 2 heterocycles. The highest BCUT2D eigenvalue weighted by Gasteiger charge is 2.20. The largest absolute Gasteiger partial charge is 0.462 e. The Bertz CT molecular complexity index is 1230. The number of carbonyl (C=O) groups is 2. The Balaban J connectivity index is 1.72. The minimum atomic E-state index is -0.443. The van der Waals surface area contributed by atoms with E-state index in [1.807, 2.05) is 30.3 Å². The van der Waals surface area contributed by atoms with E-state index in [2.05, 4.69) is 15.5 Å². The van der Waals surface area contributed by atoms with Crippen molar-refractivity contribution < 1.29 is 18.8 Å². The molecule has 0 atom stereocenters. The van der Waals surface area contributed by atoms with Gasteiger partial charge in [0.05, 0.1) is 34.5 Å². The molecule has 30 heavy (non-hydrogen) atoms. The smallest absolute Gasteiger partial charge is 0.338 e. The maximum atomic E-state index is 13.1. The van der Waals surface area contributed by atoms with Gasteiger partial charge in [-0.3, -0.25) is 4.79 Å². The van der Waals surface area contributed by atoms with E-state index in [-0.39, 0.29) is 12.5 Å². The summed E-state index contributed by atoms with van der Waals surface area (Å²) >= 11 is 0. The van der Waals surface area contributed by atoms with Gasteiger partial charge in [-0.25, -0.2) is 9.78 Å². The van der Waals surface area contributed by atoms with Crippen molar-refractivity contribution in [3.63, 3.8) is 0 Å². The lowest BCUT2D eigenvalue weighted by molar-refractivity contribution is 0.0526. The van der Waals surface area contributed by atoms with Crippen LogP contribution in [0.25, 0.3) is 22.4 Å². The van der Waals surface area contributed by atoms with Crippen molar-refractivity contribution >= 4 is 28.7 Å². The molecule has 0 fully saturated rings. The fraction of sp³-hybridized carbons (Fsp3) is 0.130. The maximum absolute atomic E-state index is 13.1. The summed E-state index contributed by atoms with van der Waals surface area (Å²) < 4.78 is 10.3. The van der Waals surface area contributed by atoms with Crippen LogP contribution in [0.5, 0.6) is 0 Å². The van der Waals surface area contributed by atoms with Gasteiger partial charge in [0.15, 0.2) is 0 Å². The normalized spacial score (nSPS) is 10.7. The Morgan fingerprint density at radius 1 is 1.07 bits per heavy atom. The SMILES string of the molecule is CCOC(=O)c1cccc(NC(=O)c2cc(-c3ccccc3)nc3onc(C)c23)c1. The number of fused-ring (bicyclic) bond motifs is 1. The molecule has 0 unspecified atom stereocenters. The average Bonchev–Trinajstić information content (AvgIpc) is 3.15. The molecular formula is C23H19N3O4. The zero-order valence-corrected chi connectivity index (χ0v) is 16.5. The fourth-order valence-electron chi connectivity index (χ4n) is 3.17. The van der Waals surface area contributed by atoms with Gasteiger partial charge in [0, 0.05) is 11.3 Å². The quantitative estimate of drug-likeness (QED) is 0.490. The van der Waals surface area contributed by atoms with Gasteiger partial charge in [-0.1, -0.05) is 41.6 Å². The van der Waals surface area contributed by atoms with Crippen LogP contribution in [0.1, 0.15) is 33.3 Å². The zero-order chi connectivity index (χ0) is 21.1. The third-order valence-corrected chi connectivity index (χ3v) is 4.56. The van der Waals surface area contributed by atoms with Gasteiger partial charge in [-0.05, 0) is 38.1 Å². The molecule has 0 saturated heterocycles. The molecular weight excluding hydrogens is 382 g/mol. The predicted molar refractivity (Wildman–Crippen MR) is 112 cm³/mol. The van der Waals surface area contributed by atoms with E-state index in [0.29, 0.717) is 39.3 Å². The number of benzene rings is 2. The standard InChI is InChI=1S/C23H19N3O4/c1-3-29-23(28)16-10-7-11-17(12-16)24-21(27)18-13-19(15-8-5-4-6-9-15)25-22-20(18)14(2)26-30-22/h4-13H,3H2,1-2H3,(H,24,27). The minimum Gasteiger partial charge on any atom is -0.462 e. The first-order chi connectivity index (χ1) is 14.6. The Morgan fingerprint density at radius 3 is 2.63 bits per heavy atom. The molecule has 0 saturated carbocycles. The molecule has 0 aliphatic heterocycles. The van der Waals surface area contributed by atoms with E-state index < -0.39 is 5.97 Å². The number of aryl methyl sites for hydroxylation is 1. The van der Waals surface area contributed by atoms with Crippen molar-refractivity contribution in [2.24, 2.45) is 0 Å². The van der Waals surface area contributed by atoms with Crippen LogP contribution in [-0.2, 0) is 4.74 Å². The molecule has 0 aliphatic carbocycles. The van der Waals surface area contributed by atoms with E-state index >= 15 is 0 Å². The molecule has 150 valence electrons. The van der Waals surface area contributed by atoms with E-state index in [9.17, 15) is 9.59 Å². The molecule has 4 rings (SSSR count). The third-order valence-electron chi connectivity index (χ3n) is 4.56. The van der Waals surface area contributed by atoms with Crippen LogP contribution in [0, 0.1) is 6.92 Å². The summed E-state index contributed by atoms with van der Waals surface area (Å²) in [5.74, 6) is -0.798. The van der Waals surface area contributed by atoms with Crippen molar-refractivity contribution in [2.45, 2.75) is 13.8 Å². The van der Waals surface area contributed by atoms with Crippen LogP contribution in [-0.4, -0.2) is 28.6 Å². The molecule has 1 amide bonds. The van der Waals surface area contributed by atoms with Crippen LogP contribution >= 0.6 is 0 Å². The van der Waals surface area contributed by atoms with Crippen LogP contribution in [0.3, 0.4) is 0 Å². The lowest BCUT2D eigenvalue weighted by Gasteiger charge is -2.09. The molecule has 0 spiro atoms. The molecule has 0 radical (unpaired) electrons. The number of carbonyl (C=O) groups excluding carboxylic acids is 2. The zero-order valence-electron chi connectivity index (χ0n) is 16.5. The summed E-state index contributed by atoms with van der Waals surface area (Å²) in [6.45, 7) is 3.77. The number of pyridine rings is 1. The van der Waals surface area contributed by atoms with Crippen molar-refractivity contribution in [3.05, 3.63) is 77.5 Å². The van der Waals surface area contributed by atoms with E-state index in [1.165, 1.54) is 0 Å². The topological polar surface area (TPSA) is 94.3 Å². The second kappa shape index (κ2) is 8.16. The summed E-state index contributed by atoms with van der Waals surface area (Å²) in [6.07, 6.45) is 0. The Labute approximate surface area is 172 Å². The summed E-state index contributed by atoms with van der Waals surface area (Å²) in [4.78, 5) is 29.6. The lowest BCUT2D eigenvalue weighted by Crippen LogP contribution is -2.14. The highest BCUT2D eigenvalue weighted by atomic mass is 16.5. The number of rotatable bonds is 5. The number of ether oxygens (including phenoxy) is 1. The van der Waals surface area contributed by atoms with Crippen LogP contribution in [0.4, 0.5) is 5.69 Å². The fourth-order valence-corrected chi connectivity index (χ4v) is 3.17. The molecule has 1 N–H and O–H groups in total. The van der Waals surface area contributed by atoms with Crippen LogP contribution < -0.4 is 5.32 Å². The van der Waals surface area contributed by atoms with Crippen molar-refractivity contribution in [1.82, 2.24) is 10.1 Å². The number of amides is 1. The van der Waals surface area contributed by atoms with E-state index in [4.69, 9.17) is 9.26 Å². The van der Waals surface area contributed by atoms with Gasteiger partial charge in [0.1, 0.15) is 0 Å². The maximum Gasteiger partial charge on any atom is 0.338 e. The highest BCUT2D eigenvalue weighted by Crippen LogP contribution is 2.27. The Hall–Kier alpha value is -4.00. The van der Waals surface area contributed by atoms with Gasteiger partial charge >= 0.3 is 5.97 Å². The molecule has 2 aromatic heterocycles. The monoisotopic (exact) mass is 401 g/mol. The predicted octanol–water partition coefficient (Wildman–Crippen LogP) is 4.63. The number of hydrogen-bond acceptors (Lipinski definition) is 6. The first-order valence-electron chi connectivity index (χ1n) is 9.48. The molecule has 2 aromatic carbocycles. The minimum absolute atomic E-state index is 0.277. The second-order valence-corrected chi connectivity index (χ2v) is 6.62. The lowest BCUT2D eigenvalue weighted by atomic mass is 10.0. The molecule has 7 nitrogen and oxygen atoms in total. The van der Waals surface area contributed by atoms with Gasteiger partial charge in [-0.2, -0.15) is 0 Å². The molecule has 4 aromatic rings. The summed E-state index contributed by atoms with van der Waals surface area (Å²) in [5, 5.41) is 7.35. The first kappa shape index (κ1) is 19.3. The van der Waals surface area contributed by atoms with Crippen molar-refractivity contribution in [3.8, 4) is 11.3 Å². The molecule has 7 heteroatoms. The number of aromatic nitrogens is 2. The van der Waals surface area contributed by atoms with Gasteiger partial charge in [0.2, 0.25) is 0 Å². The van der Waals surface area contributed by atoms with Crippen LogP contribution in [0.2, 0.25) is 0 Å². The van der Waals surface area contributed by atoms with Gasteiger partial charge in [-0.15, -0.1) is 0 Å². The Kier molecular flexibility index (Phi) is 5.26. The first-order valence-corrected chi connectivity index (χ1v) is 9.48. The van der Waals surface area contributed by atoms with Gasteiger partial charge in [0.25, 0.3) is 11.6 Å². The number of esters is 1. The van der Waals surface area contributed by atoms with Crippen LogP contribution in [0.15, 0.2) is 65.2 Å². The second-order valence-electron chi connectivity index (χ2n) is 6.62. The molecule has 0 aliphatic rings. The summed E-state index contributed by atoms with van der Waals surface area (Å²) in [5.41, 5.74) is 3.55. The number of nitrogens with zero attached hydrogens (tertiary/aromatic N) is 2. The van der Waals surface area contributed by atoms with E-state index in [1.54, 1.807) is 44.2 Å². The highest BCUT2D eigenvalue weighted by molar-refractivity contribution is 6.13. The van der Waals surface area contributed by atoms with Crippen molar-refractivity contribution in [1.29, 1.82) is 0 Å². The number of anilines is 1. The number of nitrogens with one attached hydrogen (secondary N) is 1. The van der Waals surface area contributed by atoms with Crippen molar-refractivity contribution in [2.75, 3.05) is 11.9 Å². The molecule has 0 bridgehead atoms. The summed E-state index contributed by atoms with van der Waals surface area (Å²) in [6, 6.07) is 17.8. The summed E-state index contributed by atoms with van der Waals surface area (Å²) in [7, 11) is 0. The number of hydrogen-bond donors (Lipinski definition) is 1. The van der Waals surface area contributed by atoms with Gasteiger partial charge < -0.3 is 14.6 Å². The third kappa shape index (κ3) is 3.77.